The Morgan fingerprint density at radius 2 is 1.87 bits per heavy atom. The van der Waals surface area contributed by atoms with E-state index in [1.807, 2.05) is 45.0 Å². The third-order valence-electron chi connectivity index (χ3n) is 4.55. The lowest BCUT2D eigenvalue weighted by Crippen LogP contribution is -2.16. The van der Waals surface area contributed by atoms with E-state index in [4.69, 9.17) is 15.3 Å². The lowest BCUT2D eigenvalue weighted by Gasteiger charge is -2.11. The van der Waals surface area contributed by atoms with E-state index in [9.17, 15) is 4.79 Å². The molecule has 0 fully saturated rings. The van der Waals surface area contributed by atoms with Crippen molar-refractivity contribution in [2.24, 2.45) is 0 Å². The van der Waals surface area contributed by atoms with Crippen LogP contribution in [0.3, 0.4) is 0 Å². The van der Waals surface area contributed by atoms with Crippen molar-refractivity contribution in [1.29, 1.82) is 0 Å². The molecule has 0 amide bonds. The van der Waals surface area contributed by atoms with Gasteiger partial charge in [-0.3, -0.25) is 4.79 Å². The van der Waals surface area contributed by atoms with E-state index in [2.05, 4.69) is 16.3 Å². The summed E-state index contributed by atoms with van der Waals surface area (Å²) in [5.41, 5.74) is 3.79. The van der Waals surface area contributed by atoms with Gasteiger partial charge in [0.2, 0.25) is 5.16 Å². The molecule has 0 aliphatic heterocycles. The minimum Gasteiger partial charge on any atom is -0.494 e. The second kappa shape index (κ2) is 9.67. The zero-order chi connectivity index (χ0) is 21.7. The van der Waals surface area contributed by atoms with Gasteiger partial charge in [-0.1, -0.05) is 29.5 Å². The number of nitrogen functional groups attached to an aromatic ring is 1. The first kappa shape index (κ1) is 21.7. The van der Waals surface area contributed by atoms with E-state index in [0.29, 0.717) is 28.9 Å². The molecule has 0 atom stereocenters. The summed E-state index contributed by atoms with van der Waals surface area (Å²) in [5, 5.41) is 8.89. The van der Waals surface area contributed by atoms with Crippen LogP contribution in [0.2, 0.25) is 0 Å². The molecule has 2 aromatic carbocycles. The smallest absolute Gasteiger partial charge is 0.210 e. The van der Waals surface area contributed by atoms with Crippen LogP contribution in [-0.2, 0) is 12.4 Å². The molecular weight excluding hydrogens is 400 g/mol. The molecular formula is C22H26N4O3S. The van der Waals surface area contributed by atoms with Gasteiger partial charge >= 0.3 is 0 Å². The highest BCUT2D eigenvalue weighted by Gasteiger charge is 2.14. The number of benzene rings is 2. The van der Waals surface area contributed by atoms with Crippen molar-refractivity contribution >= 4 is 17.5 Å². The molecule has 0 bridgehead atoms. The second-order valence-electron chi connectivity index (χ2n) is 6.93. The van der Waals surface area contributed by atoms with Crippen molar-refractivity contribution < 1.29 is 14.3 Å². The molecule has 2 N–H and O–H groups in total. The SMILES string of the molecule is CCOc1ccc(C(C)=O)cc1CSc1nnc(COc2ccc(C)cc2C)n1N. The number of nitrogens with two attached hydrogens (primary N) is 1. The van der Waals surface area contributed by atoms with Crippen LogP contribution in [0.5, 0.6) is 11.5 Å². The Balaban J connectivity index is 1.69. The fourth-order valence-corrected chi connectivity index (χ4v) is 3.81. The van der Waals surface area contributed by atoms with E-state index in [1.165, 1.54) is 22.0 Å². The number of ether oxygens (including phenoxy) is 2. The Bertz CT molecular complexity index is 1050. The lowest BCUT2D eigenvalue weighted by atomic mass is 10.1. The number of thioether (sulfide) groups is 1. The van der Waals surface area contributed by atoms with Crippen LogP contribution >= 0.6 is 11.8 Å². The molecule has 1 aromatic heterocycles. The first-order valence-corrected chi connectivity index (χ1v) is 10.7. The van der Waals surface area contributed by atoms with Crippen molar-refractivity contribution in [2.45, 2.75) is 45.2 Å². The van der Waals surface area contributed by atoms with Crippen LogP contribution in [0.25, 0.3) is 0 Å². The van der Waals surface area contributed by atoms with Gasteiger partial charge in [0.1, 0.15) is 18.1 Å². The van der Waals surface area contributed by atoms with Gasteiger partial charge in [-0.2, -0.15) is 0 Å². The average molecular weight is 427 g/mol. The van der Waals surface area contributed by atoms with Gasteiger partial charge in [-0.25, -0.2) is 4.68 Å². The number of carbonyl (C=O) groups excluding carboxylic acids is 1. The summed E-state index contributed by atoms with van der Waals surface area (Å²) < 4.78 is 13.0. The minimum atomic E-state index is 0.0112. The predicted octanol–water partition coefficient (Wildman–Crippen LogP) is 4.08. The summed E-state index contributed by atoms with van der Waals surface area (Å²) in [6, 6.07) is 11.5. The molecule has 0 radical (unpaired) electrons. The van der Waals surface area contributed by atoms with E-state index in [0.717, 1.165) is 22.6 Å². The number of hydrogen-bond donors (Lipinski definition) is 1. The maximum atomic E-state index is 11.7. The predicted molar refractivity (Wildman–Crippen MR) is 118 cm³/mol. The Labute approximate surface area is 180 Å². The highest BCUT2D eigenvalue weighted by Crippen LogP contribution is 2.28. The Morgan fingerprint density at radius 1 is 1.10 bits per heavy atom. The van der Waals surface area contributed by atoms with Gasteiger partial charge in [0.25, 0.3) is 0 Å². The molecule has 0 unspecified atom stereocenters. The first-order valence-electron chi connectivity index (χ1n) is 9.68. The third-order valence-corrected chi connectivity index (χ3v) is 5.54. The molecule has 3 rings (SSSR count). The quantitative estimate of drug-likeness (QED) is 0.313. The summed E-state index contributed by atoms with van der Waals surface area (Å²) in [6.07, 6.45) is 0. The van der Waals surface area contributed by atoms with E-state index in [1.54, 1.807) is 13.0 Å². The van der Waals surface area contributed by atoms with E-state index in [-0.39, 0.29) is 12.4 Å². The standard InChI is InChI=1S/C22H26N4O3S/c1-5-28-20-9-7-17(16(4)27)11-18(20)13-30-22-25-24-21(26(22)23)12-29-19-8-6-14(2)10-15(19)3/h6-11H,5,12-13,23H2,1-4H3. The number of aromatic nitrogens is 3. The topological polar surface area (TPSA) is 92.3 Å². The Morgan fingerprint density at radius 3 is 2.57 bits per heavy atom. The molecule has 3 aromatic rings. The van der Waals surface area contributed by atoms with E-state index < -0.39 is 0 Å². The van der Waals surface area contributed by atoms with Crippen molar-refractivity contribution in [3.63, 3.8) is 0 Å². The molecule has 0 spiro atoms. The molecule has 8 heteroatoms. The van der Waals surface area contributed by atoms with E-state index >= 15 is 0 Å². The Kier molecular flexibility index (Phi) is 6.99. The van der Waals surface area contributed by atoms with Gasteiger partial charge in [-0.15, -0.1) is 10.2 Å². The van der Waals surface area contributed by atoms with Crippen LogP contribution in [0, 0.1) is 13.8 Å². The van der Waals surface area contributed by atoms with Gasteiger partial charge in [-0.05, 0) is 57.5 Å². The fourth-order valence-electron chi connectivity index (χ4n) is 2.96. The maximum Gasteiger partial charge on any atom is 0.210 e. The normalized spacial score (nSPS) is 10.8. The van der Waals surface area contributed by atoms with Crippen LogP contribution in [0.15, 0.2) is 41.6 Å². The monoisotopic (exact) mass is 426 g/mol. The number of carbonyl (C=O) groups is 1. The summed E-state index contributed by atoms with van der Waals surface area (Å²) >= 11 is 1.43. The minimum absolute atomic E-state index is 0.0112. The maximum absolute atomic E-state index is 11.7. The van der Waals surface area contributed by atoms with Crippen molar-refractivity contribution in [3.05, 3.63) is 64.5 Å². The van der Waals surface area contributed by atoms with Gasteiger partial charge in [0.05, 0.1) is 6.61 Å². The molecule has 0 aliphatic rings. The number of hydrogen-bond acceptors (Lipinski definition) is 7. The molecule has 7 nitrogen and oxygen atoms in total. The zero-order valence-corrected chi connectivity index (χ0v) is 18.5. The zero-order valence-electron chi connectivity index (χ0n) is 17.6. The van der Waals surface area contributed by atoms with Gasteiger partial charge in [0.15, 0.2) is 11.6 Å². The molecule has 0 saturated carbocycles. The summed E-state index contributed by atoms with van der Waals surface area (Å²) in [6.45, 7) is 8.28. The van der Waals surface area contributed by atoms with Gasteiger partial charge < -0.3 is 15.3 Å². The Hall–Kier alpha value is -3.00. The number of rotatable bonds is 9. The third kappa shape index (κ3) is 5.13. The average Bonchev–Trinajstić information content (AvgIpc) is 3.06. The number of aryl methyl sites for hydroxylation is 2. The first-order chi connectivity index (χ1) is 14.4. The summed E-state index contributed by atoms with van der Waals surface area (Å²) in [7, 11) is 0. The van der Waals surface area contributed by atoms with Crippen LogP contribution in [0.4, 0.5) is 0 Å². The van der Waals surface area contributed by atoms with Crippen LogP contribution in [0.1, 0.15) is 46.7 Å². The number of Topliss-reactive ketones (excluding diaryl/α,β-unsaturated/α-hetero) is 1. The largest absolute Gasteiger partial charge is 0.494 e. The second-order valence-corrected chi connectivity index (χ2v) is 7.87. The number of nitrogens with zero attached hydrogens (tertiary/aromatic N) is 3. The van der Waals surface area contributed by atoms with Crippen LogP contribution in [-0.4, -0.2) is 27.3 Å². The molecule has 158 valence electrons. The number of ketones is 1. The molecule has 0 aliphatic carbocycles. The molecule has 1 heterocycles. The van der Waals surface area contributed by atoms with Crippen molar-refractivity contribution in [1.82, 2.24) is 14.9 Å². The highest BCUT2D eigenvalue weighted by atomic mass is 32.2. The van der Waals surface area contributed by atoms with Crippen LogP contribution < -0.4 is 15.3 Å². The van der Waals surface area contributed by atoms with Crippen molar-refractivity contribution in [3.8, 4) is 11.5 Å². The molecule has 0 saturated heterocycles. The lowest BCUT2D eigenvalue weighted by molar-refractivity contribution is 0.101. The molecule has 30 heavy (non-hydrogen) atoms. The highest BCUT2D eigenvalue weighted by molar-refractivity contribution is 7.98. The van der Waals surface area contributed by atoms with Gasteiger partial charge in [0, 0.05) is 16.9 Å². The fraction of sp³-hybridized carbons (Fsp3) is 0.318. The summed E-state index contributed by atoms with van der Waals surface area (Å²) in [5.74, 6) is 8.80. The summed E-state index contributed by atoms with van der Waals surface area (Å²) in [4.78, 5) is 11.7. The van der Waals surface area contributed by atoms with Crippen molar-refractivity contribution in [2.75, 3.05) is 12.4 Å².